The van der Waals surface area contributed by atoms with Crippen LogP contribution in [0.15, 0.2) is 48.7 Å². The minimum absolute atomic E-state index is 0.103. The molecule has 2 aromatic carbocycles. The van der Waals surface area contributed by atoms with E-state index in [1.165, 1.54) is 5.56 Å². The highest BCUT2D eigenvalue weighted by molar-refractivity contribution is 6.31. The maximum absolute atomic E-state index is 12.9. The maximum Gasteiger partial charge on any atom is 0.231 e. The van der Waals surface area contributed by atoms with Gasteiger partial charge in [-0.2, -0.15) is 0 Å². The molecule has 1 aliphatic carbocycles. The average molecular weight is 339 g/mol. The Hall–Kier alpha value is -2.26. The molecular formula is C20H19ClN2O. The lowest BCUT2D eigenvalue weighted by molar-refractivity contribution is -0.123. The number of hydrogen-bond acceptors (Lipinski definition) is 1. The first-order chi connectivity index (χ1) is 11.6. The lowest BCUT2D eigenvalue weighted by Crippen LogP contribution is -2.34. The van der Waals surface area contributed by atoms with Crippen LogP contribution >= 0.6 is 11.6 Å². The van der Waals surface area contributed by atoms with Gasteiger partial charge in [-0.05, 0) is 54.7 Å². The van der Waals surface area contributed by atoms with E-state index in [9.17, 15) is 4.79 Å². The minimum Gasteiger partial charge on any atom is -0.361 e. The van der Waals surface area contributed by atoms with Gasteiger partial charge in [-0.25, -0.2) is 0 Å². The number of carbonyl (C=O) groups excluding carboxylic acids is 1. The second-order valence-corrected chi connectivity index (χ2v) is 7.02. The zero-order valence-corrected chi connectivity index (χ0v) is 14.3. The van der Waals surface area contributed by atoms with E-state index in [0.29, 0.717) is 11.6 Å². The summed E-state index contributed by atoms with van der Waals surface area (Å²) >= 11 is 6.14. The molecule has 1 aliphatic rings. The molecule has 0 aliphatic heterocycles. The summed E-state index contributed by atoms with van der Waals surface area (Å²) in [5.74, 6) is 0.103. The first kappa shape index (κ1) is 15.3. The minimum atomic E-state index is -0.411. The van der Waals surface area contributed by atoms with Crippen molar-refractivity contribution in [3.05, 3.63) is 70.4 Å². The Morgan fingerprint density at radius 3 is 2.79 bits per heavy atom. The van der Waals surface area contributed by atoms with Crippen molar-refractivity contribution in [2.45, 2.75) is 31.7 Å². The van der Waals surface area contributed by atoms with E-state index in [2.05, 4.69) is 29.4 Å². The summed E-state index contributed by atoms with van der Waals surface area (Å²) in [7, 11) is 0. The third-order valence-corrected chi connectivity index (χ3v) is 5.28. The third-order valence-electron chi connectivity index (χ3n) is 5.04. The van der Waals surface area contributed by atoms with Gasteiger partial charge in [-0.3, -0.25) is 4.79 Å². The van der Waals surface area contributed by atoms with E-state index in [1.54, 1.807) is 0 Å². The van der Waals surface area contributed by atoms with Gasteiger partial charge in [0.2, 0.25) is 5.91 Å². The van der Waals surface area contributed by atoms with E-state index < -0.39 is 5.41 Å². The van der Waals surface area contributed by atoms with Gasteiger partial charge < -0.3 is 10.3 Å². The van der Waals surface area contributed by atoms with E-state index in [0.717, 1.165) is 34.9 Å². The molecule has 0 unspecified atom stereocenters. The van der Waals surface area contributed by atoms with Crippen molar-refractivity contribution in [2.24, 2.45) is 0 Å². The predicted molar refractivity (Wildman–Crippen MR) is 97.2 cm³/mol. The molecule has 0 atom stereocenters. The van der Waals surface area contributed by atoms with Gasteiger partial charge in [0.15, 0.2) is 0 Å². The van der Waals surface area contributed by atoms with Crippen LogP contribution in [0.2, 0.25) is 5.02 Å². The summed E-state index contributed by atoms with van der Waals surface area (Å²) in [6, 6.07) is 13.9. The van der Waals surface area contributed by atoms with Crippen molar-refractivity contribution in [1.82, 2.24) is 10.3 Å². The Morgan fingerprint density at radius 2 is 2.04 bits per heavy atom. The van der Waals surface area contributed by atoms with E-state index >= 15 is 0 Å². The van der Waals surface area contributed by atoms with E-state index in [-0.39, 0.29) is 5.91 Å². The van der Waals surface area contributed by atoms with Gasteiger partial charge >= 0.3 is 0 Å². The number of H-pyrrole nitrogens is 1. The zero-order valence-electron chi connectivity index (χ0n) is 13.5. The third kappa shape index (κ3) is 2.49. The fraction of sp³-hybridized carbons (Fsp3) is 0.250. The van der Waals surface area contributed by atoms with Crippen LogP contribution in [0.4, 0.5) is 0 Å². The molecule has 1 amide bonds. The van der Waals surface area contributed by atoms with E-state index in [4.69, 9.17) is 11.6 Å². The van der Waals surface area contributed by atoms with Crippen molar-refractivity contribution < 1.29 is 4.79 Å². The smallest absolute Gasteiger partial charge is 0.231 e. The largest absolute Gasteiger partial charge is 0.361 e. The molecule has 3 aromatic rings. The van der Waals surface area contributed by atoms with Crippen LogP contribution in [-0.4, -0.2) is 10.9 Å². The first-order valence-electron chi connectivity index (χ1n) is 8.20. The fourth-order valence-corrected chi connectivity index (χ4v) is 3.56. The molecule has 3 nitrogen and oxygen atoms in total. The fourth-order valence-electron chi connectivity index (χ4n) is 3.39. The number of nitrogens with one attached hydrogen (secondary N) is 2. The molecule has 0 bridgehead atoms. The molecule has 1 saturated carbocycles. The number of aromatic amines is 1. The number of amides is 1. The Kier molecular flexibility index (Phi) is 3.61. The molecule has 0 spiro atoms. The van der Waals surface area contributed by atoms with Crippen LogP contribution < -0.4 is 5.32 Å². The standard InChI is InChI=1S/C20H19ClN2O/c1-13-4-2-3-5-14(13)11-23-19(24)20(8-9-20)17-12-22-18-7-6-15(21)10-16(17)18/h2-7,10,12,22H,8-9,11H2,1H3,(H,23,24). The lowest BCUT2D eigenvalue weighted by atomic mass is 9.94. The van der Waals surface area contributed by atoms with Crippen LogP contribution in [-0.2, 0) is 16.8 Å². The molecule has 4 heteroatoms. The van der Waals surface area contributed by atoms with Crippen molar-refractivity contribution in [1.29, 1.82) is 0 Å². The van der Waals surface area contributed by atoms with Crippen LogP contribution in [0.5, 0.6) is 0 Å². The molecule has 122 valence electrons. The van der Waals surface area contributed by atoms with Gasteiger partial charge in [0.25, 0.3) is 0 Å². The van der Waals surface area contributed by atoms with Gasteiger partial charge in [-0.15, -0.1) is 0 Å². The lowest BCUT2D eigenvalue weighted by Gasteiger charge is -2.16. The van der Waals surface area contributed by atoms with Gasteiger partial charge in [0, 0.05) is 28.7 Å². The number of benzene rings is 2. The Balaban J connectivity index is 1.59. The highest BCUT2D eigenvalue weighted by atomic mass is 35.5. The summed E-state index contributed by atoms with van der Waals surface area (Å²) in [6.07, 6.45) is 3.72. The summed E-state index contributed by atoms with van der Waals surface area (Å²) in [5, 5.41) is 4.87. The molecule has 1 heterocycles. The second-order valence-electron chi connectivity index (χ2n) is 6.58. The van der Waals surface area contributed by atoms with Crippen LogP contribution in [0.25, 0.3) is 10.9 Å². The predicted octanol–water partition coefficient (Wildman–Crippen LogP) is 4.48. The van der Waals surface area contributed by atoms with E-state index in [1.807, 2.05) is 36.5 Å². The van der Waals surface area contributed by atoms with Crippen LogP contribution in [0.3, 0.4) is 0 Å². The molecule has 0 saturated heterocycles. The van der Waals surface area contributed by atoms with Crippen LogP contribution in [0.1, 0.15) is 29.5 Å². The summed E-state index contributed by atoms with van der Waals surface area (Å²) < 4.78 is 0. The molecule has 4 rings (SSSR count). The van der Waals surface area contributed by atoms with Crippen molar-refractivity contribution in [3.63, 3.8) is 0 Å². The van der Waals surface area contributed by atoms with Crippen LogP contribution in [0, 0.1) is 6.92 Å². The van der Waals surface area contributed by atoms with Gasteiger partial charge in [0.05, 0.1) is 5.41 Å². The SMILES string of the molecule is Cc1ccccc1CNC(=O)C1(c2c[nH]c3ccc(Cl)cc23)CC1. The zero-order chi connectivity index (χ0) is 16.7. The molecule has 1 aromatic heterocycles. The summed E-state index contributed by atoms with van der Waals surface area (Å²) in [5.41, 5.74) is 4.02. The Labute approximate surface area is 146 Å². The number of hydrogen-bond donors (Lipinski definition) is 2. The monoisotopic (exact) mass is 338 g/mol. The Morgan fingerprint density at radius 1 is 1.25 bits per heavy atom. The van der Waals surface area contributed by atoms with Crippen molar-refractivity contribution >= 4 is 28.4 Å². The average Bonchev–Trinajstić information content (AvgIpc) is 3.28. The Bertz CT molecular complexity index is 924. The number of fused-ring (bicyclic) bond motifs is 1. The normalized spacial score (nSPS) is 15.4. The second kappa shape index (κ2) is 5.67. The quantitative estimate of drug-likeness (QED) is 0.724. The summed E-state index contributed by atoms with van der Waals surface area (Å²) in [4.78, 5) is 16.1. The van der Waals surface area contributed by atoms with Crippen molar-refractivity contribution in [3.8, 4) is 0 Å². The van der Waals surface area contributed by atoms with Gasteiger partial charge in [0.1, 0.15) is 0 Å². The van der Waals surface area contributed by atoms with Gasteiger partial charge in [-0.1, -0.05) is 35.9 Å². The summed E-state index contributed by atoms with van der Waals surface area (Å²) in [6.45, 7) is 2.63. The number of aromatic nitrogens is 1. The molecule has 0 radical (unpaired) electrons. The highest BCUT2D eigenvalue weighted by Crippen LogP contribution is 2.50. The highest BCUT2D eigenvalue weighted by Gasteiger charge is 2.52. The molecular weight excluding hydrogens is 320 g/mol. The number of carbonyl (C=O) groups is 1. The number of halogens is 1. The number of aryl methyl sites for hydroxylation is 1. The number of rotatable bonds is 4. The molecule has 1 fully saturated rings. The topological polar surface area (TPSA) is 44.9 Å². The molecule has 24 heavy (non-hydrogen) atoms. The first-order valence-corrected chi connectivity index (χ1v) is 8.58. The maximum atomic E-state index is 12.9. The molecule has 2 N–H and O–H groups in total. The van der Waals surface area contributed by atoms with Crippen molar-refractivity contribution in [2.75, 3.05) is 0 Å².